The fraction of sp³-hybridized carbons (Fsp3) is 0.400. The van der Waals surface area contributed by atoms with Crippen LogP contribution >= 0.6 is 11.6 Å². The average molecular weight is 292 g/mol. The zero-order valence-corrected chi connectivity index (χ0v) is 12.2. The van der Waals surface area contributed by atoms with E-state index < -0.39 is 0 Å². The van der Waals surface area contributed by atoms with E-state index in [1.807, 2.05) is 24.3 Å². The van der Waals surface area contributed by atoms with Gasteiger partial charge in [0, 0.05) is 5.02 Å². The quantitative estimate of drug-likeness (QED) is 0.940. The first-order valence-corrected chi connectivity index (χ1v) is 7.30. The molecule has 0 unspecified atom stereocenters. The van der Waals surface area contributed by atoms with Crippen molar-refractivity contribution < 1.29 is 4.74 Å². The van der Waals surface area contributed by atoms with Gasteiger partial charge in [0.05, 0.1) is 17.9 Å². The van der Waals surface area contributed by atoms with Crippen LogP contribution in [0.1, 0.15) is 24.6 Å². The van der Waals surface area contributed by atoms with Gasteiger partial charge in [-0.25, -0.2) is 0 Å². The van der Waals surface area contributed by atoms with Crippen molar-refractivity contribution in [2.45, 2.75) is 25.8 Å². The lowest BCUT2D eigenvalue weighted by Gasteiger charge is -2.24. The summed E-state index contributed by atoms with van der Waals surface area (Å²) in [5.41, 5.74) is 1.08. The number of piperidine rings is 1. The number of hydrogen-bond acceptors (Lipinski definition) is 3. The minimum atomic E-state index is 0.471. The second-order valence-electron chi connectivity index (χ2n) is 5.08. The van der Waals surface area contributed by atoms with E-state index in [0.29, 0.717) is 11.1 Å². The van der Waals surface area contributed by atoms with E-state index in [0.717, 1.165) is 43.1 Å². The third-order valence-corrected chi connectivity index (χ3v) is 3.95. The van der Waals surface area contributed by atoms with E-state index in [1.54, 1.807) is 6.20 Å². The molecule has 1 N–H and O–H groups in total. The van der Waals surface area contributed by atoms with Gasteiger partial charge in [-0.1, -0.05) is 11.6 Å². The highest BCUT2D eigenvalue weighted by atomic mass is 35.5. The van der Waals surface area contributed by atoms with Gasteiger partial charge < -0.3 is 10.1 Å². The lowest BCUT2D eigenvalue weighted by molar-refractivity contribution is 0.336. The Labute approximate surface area is 123 Å². The van der Waals surface area contributed by atoms with Crippen LogP contribution in [-0.2, 0) is 0 Å². The van der Waals surface area contributed by atoms with Crippen LogP contribution < -0.4 is 10.1 Å². The average Bonchev–Trinajstić information content (AvgIpc) is 2.84. The molecule has 20 heavy (non-hydrogen) atoms. The van der Waals surface area contributed by atoms with Crippen LogP contribution in [0.15, 0.2) is 30.5 Å². The molecule has 1 aliphatic rings. The Morgan fingerprint density at radius 3 is 2.65 bits per heavy atom. The van der Waals surface area contributed by atoms with Gasteiger partial charge >= 0.3 is 0 Å². The highest BCUT2D eigenvalue weighted by molar-refractivity contribution is 6.30. The van der Waals surface area contributed by atoms with Crippen molar-refractivity contribution in [3.63, 3.8) is 0 Å². The van der Waals surface area contributed by atoms with Crippen LogP contribution in [0.4, 0.5) is 0 Å². The van der Waals surface area contributed by atoms with Crippen molar-refractivity contribution in [2.75, 3.05) is 13.1 Å². The molecule has 0 radical (unpaired) electrons. The molecule has 1 fully saturated rings. The van der Waals surface area contributed by atoms with Crippen LogP contribution in [0.2, 0.25) is 5.02 Å². The van der Waals surface area contributed by atoms with Crippen molar-refractivity contribution in [1.82, 2.24) is 15.1 Å². The van der Waals surface area contributed by atoms with Crippen molar-refractivity contribution in [2.24, 2.45) is 0 Å². The summed E-state index contributed by atoms with van der Waals surface area (Å²) in [7, 11) is 0. The predicted octanol–water partition coefficient (Wildman–Crippen LogP) is 3.56. The second-order valence-corrected chi connectivity index (χ2v) is 5.51. The maximum atomic E-state index is 5.88. The van der Waals surface area contributed by atoms with Crippen molar-refractivity contribution in [1.29, 1.82) is 0 Å². The van der Waals surface area contributed by atoms with E-state index in [-0.39, 0.29) is 0 Å². The topological polar surface area (TPSA) is 39.1 Å². The molecule has 0 atom stereocenters. The Bertz CT molecular complexity index is 573. The molecule has 0 bridgehead atoms. The standard InChI is InChI=1S/C15H18ClN3O/c1-11-15(20-14-4-2-12(16)3-5-14)10-18-19(11)13-6-8-17-9-7-13/h2-5,10,13,17H,6-9H2,1H3. The smallest absolute Gasteiger partial charge is 0.168 e. The highest BCUT2D eigenvalue weighted by Gasteiger charge is 2.19. The third kappa shape index (κ3) is 2.81. The van der Waals surface area contributed by atoms with Crippen molar-refractivity contribution in [3.05, 3.63) is 41.2 Å². The monoisotopic (exact) mass is 291 g/mol. The van der Waals surface area contributed by atoms with E-state index in [1.165, 1.54) is 0 Å². The van der Waals surface area contributed by atoms with E-state index >= 15 is 0 Å². The summed E-state index contributed by atoms with van der Waals surface area (Å²) in [6, 6.07) is 7.85. The molecule has 1 aliphatic heterocycles. The minimum Gasteiger partial charge on any atom is -0.454 e. The van der Waals surface area contributed by atoms with Gasteiger partial charge in [-0.3, -0.25) is 4.68 Å². The Kier molecular flexibility index (Phi) is 3.94. The van der Waals surface area contributed by atoms with Gasteiger partial charge in [0.2, 0.25) is 0 Å². The summed E-state index contributed by atoms with van der Waals surface area (Å²) in [6.45, 7) is 4.16. The van der Waals surface area contributed by atoms with Crippen LogP contribution in [0.5, 0.6) is 11.5 Å². The maximum Gasteiger partial charge on any atom is 0.168 e. The Morgan fingerprint density at radius 1 is 1.25 bits per heavy atom. The molecular formula is C15H18ClN3O. The van der Waals surface area contributed by atoms with Gasteiger partial charge in [-0.05, 0) is 57.1 Å². The summed E-state index contributed by atoms with van der Waals surface area (Å²) in [5, 5.41) is 8.57. The second kappa shape index (κ2) is 5.85. The number of nitrogens with zero attached hydrogens (tertiary/aromatic N) is 2. The molecule has 1 saturated heterocycles. The van der Waals surface area contributed by atoms with Gasteiger partial charge in [-0.15, -0.1) is 0 Å². The minimum absolute atomic E-state index is 0.471. The first-order chi connectivity index (χ1) is 9.74. The van der Waals surface area contributed by atoms with Gasteiger partial charge in [0.25, 0.3) is 0 Å². The van der Waals surface area contributed by atoms with E-state index in [9.17, 15) is 0 Å². The summed E-state index contributed by atoms with van der Waals surface area (Å²) >= 11 is 5.87. The van der Waals surface area contributed by atoms with Gasteiger partial charge in [0.15, 0.2) is 5.75 Å². The van der Waals surface area contributed by atoms with Crippen LogP contribution in [-0.4, -0.2) is 22.9 Å². The molecule has 0 aliphatic carbocycles. The first-order valence-electron chi connectivity index (χ1n) is 6.92. The lowest BCUT2D eigenvalue weighted by atomic mass is 10.1. The number of rotatable bonds is 3. The molecule has 0 saturated carbocycles. The Morgan fingerprint density at radius 2 is 1.95 bits per heavy atom. The molecule has 0 amide bonds. The van der Waals surface area contributed by atoms with Crippen LogP contribution in [0, 0.1) is 6.92 Å². The van der Waals surface area contributed by atoms with Crippen molar-refractivity contribution >= 4 is 11.6 Å². The number of halogens is 1. The third-order valence-electron chi connectivity index (χ3n) is 3.70. The Hall–Kier alpha value is -1.52. The molecule has 3 rings (SSSR count). The summed E-state index contributed by atoms with van der Waals surface area (Å²) < 4.78 is 7.97. The lowest BCUT2D eigenvalue weighted by Crippen LogP contribution is -2.30. The summed E-state index contributed by atoms with van der Waals surface area (Å²) in [5.74, 6) is 1.59. The molecule has 2 aromatic rings. The highest BCUT2D eigenvalue weighted by Crippen LogP contribution is 2.29. The number of ether oxygens (including phenoxy) is 1. The van der Waals surface area contributed by atoms with E-state index in [2.05, 4.69) is 22.0 Å². The number of aromatic nitrogens is 2. The predicted molar refractivity (Wildman–Crippen MR) is 79.6 cm³/mol. The van der Waals surface area contributed by atoms with Crippen molar-refractivity contribution in [3.8, 4) is 11.5 Å². The maximum absolute atomic E-state index is 5.88. The Balaban J connectivity index is 1.77. The van der Waals surface area contributed by atoms with E-state index in [4.69, 9.17) is 16.3 Å². The first kappa shape index (κ1) is 13.5. The summed E-state index contributed by atoms with van der Waals surface area (Å²) in [4.78, 5) is 0. The molecule has 2 heterocycles. The largest absolute Gasteiger partial charge is 0.454 e. The van der Waals surface area contributed by atoms with Crippen LogP contribution in [0.25, 0.3) is 0 Å². The summed E-state index contributed by atoms with van der Waals surface area (Å²) in [6.07, 6.45) is 4.03. The molecule has 5 heteroatoms. The molecule has 0 spiro atoms. The van der Waals surface area contributed by atoms with Gasteiger partial charge in [0.1, 0.15) is 5.75 Å². The molecule has 106 valence electrons. The molecular weight excluding hydrogens is 274 g/mol. The number of benzene rings is 1. The zero-order chi connectivity index (χ0) is 13.9. The number of nitrogens with one attached hydrogen (secondary N) is 1. The number of hydrogen-bond donors (Lipinski definition) is 1. The SMILES string of the molecule is Cc1c(Oc2ccc(Cl)cc2)cnn1C1CCNCC1. The van der Waals surface area contributed by atoms with Gasteiger partial charge in [-0.2, -0.15) is 5.10 Å². The fourth-order valence-electron chi connectivity index (χ4n) is 2.56. The molecule has 1 aromatic carbocycles. The molecule has 1 aromatic heterocycles. The fourth-order valence-corrected chi connectivity index (χ4v) is 2.68. The molecule has 4 nitrogen and oxygen atoms in total. The zero-order valence-electron chi connectivity index (χ0n) is 11.5. The van der Waals surface area contributed by atoms with Crippen LogP contribution in [0.3, 0.4) is 0 Å². The normalized spacial score (nSPS) is 16.3.